The zero-order valence-corrected chi connectivity index (χ0v) is 11.4. The summed E-state index contributed by atoms with van der Waals surface area (Å²) in [5.74, 6) is 0.701. The quantitative estimate of drug-likeness (QED) is 0.767. The largest absolute Gasteiger partial charge is 0.365 e. The fraction of sp³-hybridized carbons (Fsp3) is 0.0667. The van der Waals surface area contributed by atoms with Crippen LogP contribution in [-0.2, 0) is 6.54 Å². The predicted molar refractivity (Wildman–Crippen MR) is 80.6 cm³/mol. The number of anilines is 1. The van der Waals surface area contributed by atoms with Crippen molar-refractivity contribution in [3.8, 4) is 11.3 Å². The van der Waals surface area contributed by atoms with Gasteiger partial charge in [0.1, 0.15) is 5.82 Å². The van der Waals surface area contributed by atoms with Gasteiger partial charge in [0, 0.05) is 18.9 Å². The lowest BCUT2D eigenvalue weighted by Crippen LogP contribution is -2.01. The Bertz CT molecular complexity index is 677. The standard InChI is InChI=1S/C15H13ClN4/c16-13-2-1-8-17-15(13)18-10-11-3-5-12(6-4-11)14-7-9-19-20-14/h1-9H,10H2,(H,17,18)(H,19,20). The lowest BCUT2D eigenvalue weighted by molar-refractivity contribution is 1.09. The Morgan fingerprint density at radius 3 is 2.60 bits per heavy atom. The molecular weight excluding hydrogens is 272 g/mol. The molecule has 0 unspecified atom stereocenters. The van der Waals surface area contributed by atoms with Crippen LogP contribution in [0.4, 0.5) is 5.82 Å². The minimum absolute atomic E-state index is 0.626. The van der Waals surface area contributed by atoms with E-state index in [9.17, 15) is 0 Å². The van der Waals surface area contributed by atoms with Gasteiger partial charge in [-0.25, -0.2) is 4.98 Å². The Balaban J connectivity index is 1.68. The number of H-pyrrole nitrogens is 1. The van der Waals surface area contributed by atoms with Crippen LogP contribution in [0.1, 0.15) is 5.56 Å². The van der Waals surface area contributed by atoms with Crippen LogP contribution < -0.4 is 5.32 Å². The van der Waals surface area contributed by atoms with Crippen molar-refractivity contribution in [3.05, 3.63) is 65.4 Å². The smallest absolute Gasteiger partial charge is 0.145 e. The number of pyridine rings is 1. The van der Waals surface area contributed by atoms with Crippen LogP contribution >= 0.6 is 11.6 Å². The second kappa shape index (κ2) is 5.75. The molecule has 1 aromatic carbocycles. The van der Waals surface area contributed by atoms with Gasteiger partial charge in [0.25, 0.3) is 0 Å². The van der Waals surface area contributed by atoms with E-state index in [1.807, 2.05) is 18.2 Å². The van der Waals surface area contributed by atoms with Crippen molar-refractivity contribution >= 4 is 17.4 Å². The number of nitrogens with one attached hydrogen (secondary N) is 2. The number of aromatic amines is 1. The molecule has 4 nitrogen and oxygen atoms in total. The SMILES string of the molecule is Clc1cccnc1NCc1ccc(-c2ccn[nH]2)cc1. The fourth-order valence-corrected chi connectivity index (χ4v) is 2.11. The molecule has 0 amide bonds. The molecule has 3 aromatic rings. The number of hydrogen-bond acceptors (Lipinski definition) is 3. The van der Waals surface area contributed by atoms with Crippen LogP contribution in [-0.4, -0.2) is 15.2 Å². The third-order valence-electron chi connectivity index (χ3n) is 2.98. The van der Waals surface area contributed by atoms with Gasteiger partial charge in [0.15, 0.2) is 0 Å². The van der Waals surface area contributed by atoms with Crippen molar-refractivity contribution < 1.29 is 0 Å². The van der Waals surface area contributed by atoms with Gasteiger partial charge in [-0.2, -0.15) is 5.10 Å². The molecule has 3 rings (SSSR count). The maximum atomic E-state index is 6.05. The molecule has 100 valence electrons. The number of rotatable bonds is 4. The average molecular weight is 285 g/mol. The van der Waals surface area contributed by atoms with E-state index < -0.39 is 0 Å². The Hall–Kier alpha value is -2.33. The van der Waals surface area contributed by atoms with Crippen LogP contribution in [0.3, 0.4) is 0 Å². The van der Waals surface area contributed by atoms with Gasteiger partial charge in [-0.3, -0.25) is 5.10 Å². The summed E-state index contributed by atoms with van der Waals surface area (Å²) in [6, 6.07) is 13.8. The molecule has 2 aromatic heterocycles. The minimum atomic E-state index is 0.626. The number of nitrogens with zero attached hydrogens (tertiary/aromatic N) is 2. The highest BCUT2D eigenvalue weighted by Crippen LogP contribution is 2.20. The van der Waals surface area contributed by atoms with Crippen LogP contribution in [0.2, 0.25) is 5.02 Å². The molecule has 0 bridgehead atoms. The van der Waals surface area contributed by atoms with Crippen molar-refractivity contribution in [1.82, 2.24) is 15.2 Å². The van der Waals surface area contributed by atoms with E-state index in [-0.39, 0.29) is 0 Å². The van der Waals surface area contributed by atoms with Gasteiger partial charge in [0.2, 0.25) is 0 Å². The van der Waals surface area contributed by atoms with Crippen molar-refractivity contribution in [2.75, 3.05) is 5.32 Å². The first-order chi connectivity index (χ1) is 9.83. The zero-order chi connectivity index (χ0) is 13.8. The molecule has 20 heavy (non-hydrogen) atoms. The van der Waals surface area contributed by atoms with E-state index in [1.165, 1.54) is 0 Å². The number of halogens is 1. The van der Waals surface area contributed by atoms with E-state index in [1.54, 1.807) is 12.4 Å². The lowest BCUT2D eigenvalue weighted by Gasteiger charge is -2.07. The van der Waals surface area contributed by atoms with Crippen molar-refractivity contribution in [2.45, 2.75) is 6.54 Å². The average Bonchev–Trinajstić information content (AvgIpc) is 3.01. The van der Waals surface area contributed by atoms with Gasteiger partial charge in [-0.1, -0.05) is 35.9 Å². The van der Waals surface area contributed by atoms with Crippen LogP contribution in [0.15, 0.2) is 54.9 Å². The van der Waals surface area contributed by atoms with Gasteiger partial charge in [0.05, 0.1) is 10.7 Å². The maximum Gasteiger partial charge on any atom is 0.145 e. The molecule has 0 aliphatic rings. The summed E-state index contributed by atoms with van der Waals surface area (Å²) in [6.07, 6.45) is 3.46. The van der Waals surface area contributed by atoms with Gasteiger partial charge in [-0.05, 0) is 29.3 Å². The van der Waals surface area contributed by atoms with Crippen molar-refractivity contribution in [1.29, 1.82) is 0 Å². The molecule has 0 radical (unpaired) electrons. The molecule has 2 N–H and O–H groups in total. The zero-order valence-electron chi connectivity index (χ0n) is 10.7. The second-order valence-electron chi connectivity index (χ2n) is 4.35. The molecule has 2 heterocycles. The number of aromatic nitrogens is 3. The second-order valence-corrected chi connectivity index (χ2v) is 4.76. The molecule has 5 heteroatoms. The summed E-state index contributed by atoms with van der Waals surface area (Å²) in [4.78, 5) is 4.20. The topological polar surface area (TPSA) is 53.6 Å². The number of benzene rings is 1. The molecular formula is C15H13ClN4. The highest BCUT2D eigenvalue weighted by molar-refractivity contribution is 6.32. The lowest BCUT2D eigenvalue weighted by atomic mass is 10.1. The summed E-state index contributed by atoms with van der Waals surface area (Å²) in [6.45, 7) is 0.681. The van der Waals surface area contributed by atoms with E-state index in [2.05, 4.69) is 44.8 Å². The fourth-order valence-electron chi connectivity index (χ4n) is 1.92. The highest BCUT2D eigenvalue weighted by atomic mass is 35.5. The molecule has 0 saturated heterocycles. The van der Waals surface area contributed by atoms with Crippen LogP contribution in [0.25, 0.3) is 11.3 Å². The molecule has 0 aliphatic carbocycles. The molecule has 0 spiro atoms. The third kappa shape index (κ3) is 2.81. The highest BCUT2D eigenvalue weighted by Gasteiger charge is 2.01. The van der Waals surface area contributed by atoms with Crippen LogP contribution in [0.5, 0.6) is 0 Å². The Morgan fingerprint density at radius 1 is 1.05 bits per heavy atom. The minimum Gasteiger partial charge on any atom is -0.365 e. The van der Waals surface area contributed by atoms with Gasteiger partial charge < -0.3 is 5.32 Å². The van der Waals surface area contributed by atoms with E-state index >= 15 is 0 Å². The van der Waals surface area contributed by atoms with Crippen molar-refractivity contribution in [3.63, 3.8) is 0 Å². The normalized spacial score (nSPS) is 10.4. The Morgan fingerprint density at radius 2 is 1.90 bits per heavy atom. The first kappa shape index (κ1) is 12.7. The molecule has 0 fully saturated rings. The molecule has 0 aliphatic heterocycles. The summed E-state index contributed by atoms with van der Waals surface area (Å²) in [7, 11) is 0. The van der Waals surface area contributed by atoms with Gasteiger partial charge in [-0.15, -0.1) is 0 Å². The molecule has 0 saturated carbocycles. The van der Waals surface area contributed by atoms with E-state index in [0.717, 1.165) is 16.8 Å². The van der Waals surface area contributed by atoms with Crippen LogP contribution in [0, 0.1) is 0 Å². The first-order valence-corrected chi connectivity index (χ1v) is 6.64. The van der Waals surface area contributed by atoms with Crippen molar-refractivity contribution in [2.24, 2.45) is 0 Å². The third-order valence-corrected chi connectivity index (χ3v) is 3.29. The molecule has 0 atom stereocenters. The van der Waals surface area contributed by atoms with E-state index in [0.29, 0.717) is 17.4 Å². The Kier molecular flexibility index (Phi) is 3.65. The number of hydrogen-bond donors (Lipinski definition) is 2. The summed E-state index contributed by atoms with van der Waals surface area (Å²) in [5.41, 5.74) is 3.29. The summed E-state index contributed by atoms with van der Waals surface area (Å²) < 4.78 is 0. The Labute approximate surface area is 121 Å². The summed E-state index contributed by atoms with van der Waals surface area (Å²) >= 11 is 6.05. The maximum absolute atomic E-state index is 6.05. The predicted octanol–water partition coefficient (Wildman–Crippen LogP) is 3.74. The van der Waals surface area contributed by atoms with E-state index in [4.69, 9.17) is 11.6 Å². The monoisotopic (exact) mass is 284 g/mol. The van der Waals surface area contributed by atoms with Gasteiger partial charge >= 0.3 is 0 Å². The summed E-state index contributed by atoms with van der Waals surface area (Å²) in [5, 5.41) is 10.7. The first-order valence-electron chi connectivity index (χ1n) is 6.26.